The first kappa shape index (κ1) is 35.2. The quantitative estimate of drug-likeness (QED) is 0.136. The molecule has 0 fully saturated rings. The van der Waals surface area contributed by atoms with Crippen molar-refractivity contribution in [2.24, 2.45) is 0 Å². The van der Waals surface area contributed by atoms with Crippen LogP contribution in [0.2, 0.25) is 0 Å². The van der Waals surface area contributed by atoms with Crippen molar-refractivity contribution < 1.29 is 0 Å². The number of nitrogens with zero attached hydrogens (tertiary/aromatic N) is 2. The minimum Gasteiger partial charge on any atom is -0.309 e. The molecule has 2 heterocycles. The van der Waals surface area contributed by atoms with Gasteiger partial charge >= 0.3 is 0 Å². The lowest BCUT2D eigenvalue weighted by Crippen LogP contribution is -2.01. The molecule has 0 saturated carbocycles. The molecule has 2 aromatic heterocycles. The first-order chi connectivity index (χ1) is 29.8. The van der Waals surface area contributed by atoms with Crippen LogP contribution >= 0.6 is 0 Å². The lowest BCUT2D eigenvalue weighted by Gasteiger charge is -2.22. The number of rotatable bonds is 8. The second kappa shape index (κ2) is 15.1. The van der Waals surface area contributed by atoms with Crippen molar-refractivity contribution in [1.82, 2.24) is 9.13 Å². The zero-order chi connectivity index (χ0) is 39.8. The molecule has 282 valence electrons. The molecule has 0 N–H and O–H groups in total. The van der Waals surface area contributed by atoms with Gasteiger partial charge in [-0.3, -0.25) is 0 Å². The van der Waals surface area contributed by atoms with Gasteiger partial charge < -0.3 is 9.13 Å². The summed E-state index contributed by atoms with van der Waals surface area (Å²) in [7, 11) is 0. The van der Waals surface area contributed by atoms with Gasteiger partial charge in [0.25, 0.3) is 0 Å². The third kappa shape index (κ3) is 6.14. The van der Waals surface area contributed by atoms with E-state index in [2.05, 4.69) is 252 Å². The third-order valence-electron chi connectivity index (χ3n) is 11.8. The summed E-state index contributed by atoms with van der Waals surface area (Å²) in [5.41, 5.74) is 16.4. The highest BCUT2D eigenvalue weighted by Crippen LogP contribution is 2.46. The maximum Gasteiger partial charge on any atom is 0.0535 e. The summed E-state index contributed by atoms with van der Waals surface area (Å²) < 4.78 is 4.85. The van der Waals surface area contributed by atoms with Crippen LogP contribution in [0.25, 0.3) is 100 Å². The normalized spacial score (nSPS) is 11.3. The first-order valence-electron chi connectivity index (χ1n) is 20.6. The number of hydrogen-bond donors (Lipinski definition) is 0. The highest BCUT2D eigenvalue weighted by atomic mass is 15.0. The third-order valence-corrected chi connectivity index (χ3v) is 11.8. The summed E-state index contributed by atoms with van der Waals surface area (Å²) in [4.78, 5) is 0. The van der Waals surface area contributed by atoms with Crippen LogP contribution in [0.4, 0.5) is 0 Å². The fourth-order valence-electron chi connectivity index (χ4n) is 9.08. The molecule has 9 aromatic carbocycles. The number of hydrogen-bond acceptors (Lipinski definition) is 0. The Morgan fingerprint density at radius 2 is 0.450 bits per heavy atom. The van der Waals surface area contributed by atoms with Gasteiger partial charge in [0.2, 0.25) is 0 Å². The average molecular weight is 765 g/mol. The Labute approximate surface area is 350 Å². The summed E-state index contributed by atoms with van der Waals surface area (Å²) in [5.74, 6) is 0. The van der Waals surface area contributed by atoms with Crippen LogP contribution in [-0.2, 0) is 0 Å². The van der Waals surface area contributed by atoms with Crippen LogP contribution < -0.4 is 0 Å². The fraction of sp³-hybridized carbons (Fsp3) is 0. The summed E-state index contributed by atoms with van der Waals surface area (Å²) in [6.07, 6.45) is 0. The van der Waals surface area contributed by atoms with Crippen LogP contribution in [0, 0.1) is 0 Å². The van der Waals surface area contributed by atoms with Crippen LogP contribution in [0.1, 0.15) is 0 Å². The zero-order valence-corrected chi connectivity index (χ0v) is 33.0. The molecule has 0 saturated heterocycles. The van der Waals surface area contributed by atoms with E-state index in [9.17, 15) is 0 Å². The van der Waals surface area contributed by atoms with Crippen molar-refractivity contribution in [2.75, 3.05) is 0 Å². The van der Waals surface area contributed by atoms with Gasteiger partial charge in [0.05, 0.1) is 22.8 Å². The van der Waals surface area contributed by atoms with E-state index >= 15 is 0 Å². The van der Waals surface area contributed by atoms with Gasteiger partial charge in [-0.05, 0) is 115 Å². The highest BCUT2D eigenvalue weighted by Gasteiger charge is 2.22. The molecule has 11 aromatic rings. The standard InChI is InChI=1S/C58H40N2/c1-7-19-41(20-8-1)53-35-36-54(42-21-9-2-10-22-42)59(53)47-31-33-49-51(39-47)57(45-27-15-5-16-28-45)50-34-32-48(40-52(50)58(49)46-29-17-6-18-30-46)60-55(43-23-11-3-12-24-43)37-38-56(60)44-25-13-4-14-26-44/h1-40H. The van der Waals surface area contributed by atoms with Crippen molar-refractivity contribution in [1.29, 1.82) is 0 Å². The van der Waals surface area contributed by atoms with Crippen LogP contribution in [0.3, 0.4) is 0 Å². The van der Waals surface area contributed by atoms with Crippen molar-refractivity contribution in [3.63, 3.8) is 0 Å². The molecular weight excluding hydrogens is 725 g/mol. The van der Waals surface area contributed by atoms with Gasteiger partial charge in [0.15, 0.2) is 0 Å². The van der Waals surface area contributed by atoms with Crippen LogP contribution in [-0.4, -0.2) is 9.13 Å². The van der Waals surface area contributed by atoms with Crippen LogP contribution in [0.5, 0.6) is 0 Å². The van der Waals surface area contributed by atoms with E-state index in [0.29, 0.717) is 0 Å². The fourth-order valence-corrected chi connectivity index (χ4v) is 9.08. The summed E-state index contributed by atoms with van der Waals surface area (Å²) >= 11 is 0. The highest BCUT2D eigenvalue weighted by molar-refractivity contribution is 6.22. The Balaban J connectivity index is 1.23. The molecule has 0 aliphatic carbocycles. The van der Waals surface area contributed by atoms with Gasteiger partial charge in [-0.2, -0.15) is 0 Å². The Morgan fingerprint density at radius 1 is 0.200 bits per heavy atom. The molecule has 0 unspecified atom stereocenters. The maximum absolute atomic E-state index is 2.43. The minimum absolute atomic E-state index is 1.12. The Kier molecular flexibility index (Phi) is 8.87. The predicted molar refractivity (Wildman–Crippen MR) is 253 cm³/mol. The van der Waals surface area contributed by atoms with E-state index in [4.69, 9.17) is 0 Å². The Hall–Kier alpha value is -7.94. The first-order valence-corrected chi connectivity index (χ1v) is 20.6. The second-order valence-corrected chi connectivity index (χ2v) is 15.3. The molecule has 0 radical (unpaired) electrons. The molecule has 0 amide bonds. The van der Waals surface area contributed by atoms with Crippen molar-refractivity contribution in [2.45, 2.75) is 0 Å². The summed E-state index contributed by atoms with van der Waals surface area (Å²) in [5, 5.41) is 4.84. The van der Waals surface area contributed by atoms with Gasteiger partial charge in [-0.25, -0.2) is 0 Å². The van der Waals surface area contributed by atoms with Gasteiger partial charge in [-0.15, -0.1) is 0 Å². The molecule has 2 nitrogen and oxygen atoms in total. The Bertz CT molecular complexity index is 2920. The van der Waals surface area contributed by atoms with E-state index in [-0.39, 0.29) is 0 Å². The van der Waals surface area contributed by atoms with Crippen molar-refractivity contribution >= 4 is 21.5 Å². The molecule has 0 atom stereocenters. The van der Waals surface area contributed by atoms with E-state index in [1.165, 1.54) is 66.1 Å². The number of fused-ring (bicyclic) bond motifs is 2. The number of aromatic nitrogens is 2. The number of benzene rings is 9. The monoisotopic (exact) mass is 764 g/mol. The molecular formula is C58H40N2. The molecule has 2 heteroatoms. The minimum atomic E-state index is 1.12. The van der Waals surface area contributed by atoms with E-state index in [0.717, 1.165) is 34.2 Å². The maximum atomic E-state index is 2.43. The molecule has 11 rings (SSSR count). The van der Waals surface area contributed by atoms with E-state index < -0.39 is 0 Å². The van der Waals surface area contributed by atoms with Gasteiger partial charge in [-0.1, -0.05) is 194 Å². The zero-order valence-electron chi connectivity index (χ0n) is 33.0. The molecule has 0 aliphatic heterocycles. The largest absolute Gasteiger partial charge is 0.309 e. The van der Waals surface area contributed by atoms with Crippen molar-refractivity contribution in [3.8, 4) is 78.7 Å². The topological polar surface area (TPSA) is 9.86 Å². The Morgan fingerprint density at radius 3 is 0.717 bits per heavy atom. The lowest BCUT2D eigenvalue weighted by molar-refractivity contribution is 1.10. The molecule has 0 aliphatic rings. The predicted octanol–water partition coefficient (Wildman–Crippen LogP) is 15.6. The van der Waals surface area contributed by atoms with Gasteiger partial charge in [0.1, 0.15) is 0 Å². The van der Waals surface area contributed by atoms with E-state index in [1.54, 1.807) is 0 Å². The summed E-state index contributed by atoms with van der Waals surface area (Å²) in [6, 6.07) is 87.9. The smallest absolute Gasteiger partial charge is 0.0535 e. The molecule has 60 heavy (non-hydrogen) atoms. The van der Waals surface area contributed by atoms with Gasteiger partial charge in [0, 0.05) is 11.4 Å². The SMILES string of the molecule is c1ccc(-c2c3ccc(-n4c(-c5ccccc5)ccc4-c4ccccc4)cc3c(-c3ccccc3)c3ccc(-n4c(-c5ccccc5)ccc4-c4ccccc4)cc23)cc1. The average Bonchev–Trinajstić information content (AvgIpc) is 3.98. The lowest BCUT2D eigenvalue weighted by atomic mass is 9.85. The second-order valence-electron chi connectivity index (χ2n) is 15.3. The molecule has 0 bridgehead atoms. The van der Waals surface area contributed by atoms with Crippen molar-refractivity contribution in [3.05, 3.63) is 243 Å². The van der Waals surface area contributed by atoms with Crippen LogP contribution in [0.15, 0.2) is 243 Å². The molecule has 0 spiro atoms. The summed E-state index contributed by atoms with van der Waals surface area (Å²) in [6.45, 7) is 0. The van der Waals surface area contributed by atoms with E-state index in [1.807, 2.05) is 0 Å².